The molecule has 29 heteroatoms. The number of nitrogens with two attached hydrogens (primary N) is 5. The van der Waals surface area contributed by atoms with Crippen molar-refractivity contribution in [2.24, 2.45) is 56.4 Å². The molecule has 0 spiro atoms. The molecule has 0 aromatic rings. The van der Waals surface area contributed by atoms with Crippen LogP contribution in [0.25, 0.3) is 0 Å². The van der Waals surface area contributed by atoms with Crippen molar-refractivity contribution >= 4 is 102 Å². The number of nitrogens with one attached hydrogen (secondary N) is 8. The summed E-state index contributed by atoms with van der Waals surface area (Å²) in [7, 11) is 0. The SMILES string of the molecule is CSCC[C@H](NC(=O)[C@H](CCCN=C(N)N)NC(=O)[C@H](CC(C)C)NC(=O)[C@H](CC(C)C)NC(=O)[C@@H](N)CS)C(=O)N[C@@H](CCCN=C(N)N)C(=O)N[C@@H](CO)C(=O)N[C@@H](CC(C)C)C(=O)N[C@@H](CS)C(=O)O. The van der Waals surface area contributed by atoms with E-state index < -0.39 is 114 Å². The number of nitrogens with zero attached hydrogens (tertiary/aromatic N) is 2. The number of aliphatic hydroxyl groups is 1. The van der Waals surface area contributed by atoms with Crippen molar-refractivity contribution in [3.63, 3.8) is 0 Å². The molecule has 8 amide bonds. The van der Waals surface area contributed by atoms with Crippen LogP contribution < -0.4 is 71.2 Å². The van der Waals surface area contributed by atoms with Gasteiger partial charge in [0.2, 0.25) is 47.3 Å². The van der Waals surface area contributed by atoms with Crippen LogP contribution in [0.2, 0.25) is 0 Å². The summed E-state index contributed by atoms with van der Waals surface area (Å²) in [6.07, 6.45) is 2.31. The smallest absolute Gasteiger partial charge is 0.327 e. The lowest BCUT2D eigenvalue weighted by atomic mass is 9.99. The van der Waals surface area contributed by atoms with Gasteiger partial charge in [-0.05, 0) is 81.1 Å². The average molecular weight is 1090 g/mol. The first-order chi connectivity index (χ1) is 34.2. The Hall–Kier alpha value is -5.26. The lowest BCUT2D eigenvalue weighted by molar-refractivity contribution is -0.141. The molecule has 0 aliphatic carbocycles. The van der Waals surface area contributed by atoms with E-state index in [0.717, 1.165) is 0 Å². The lowest BCUT2D eigenvalue weighted by Gasteiger charge is -2.28. The topological polar surface area (TPSA) is 445 Å². The standard InChI is InChI=1S/C44H83N15O11S3/c1-22(2)16-29(55-34(61)25(45)20-71)39(66)56-30(17-23(3)4)38(65)53-26(10-8-13-50-43(46)47)35(62)54-28(12-15-73-7)37(64)52-27(11-9-14-51-44(48)49)36(63)58-32(19-60)41(68)57-31(18-24(5)6)40(67)59-33(21-72)42(69)70/h22-33,60,71-72H,8-21,45H2,1-7H3,(H,52,64)(H,53,65)(H,54,62)(H,55,61)(H,56,66)(H,57,68)(H,58,63)(H,59,67)(H,69,70)(H4,46,47,50)(H4,48,49,51)/t25-,26-,27-,28-,29-,30-,31-,32-,33-/m0/s1. The van der Waals surface area contributed by atoms with Gasteiger partial charge in [0.1, 0.15) is 48.3 Å². The number of amides is 8. The molecule has 0 fully saturated rings. The zero-order chi connectivity index (χ0) is 56.0. The van der Waals surface area contributed by atoms with E-state index >= 15 is 0 Å². The Bertz CT molecular complexity index is 1860. The summed E-state index contributed by atoms with van der Waals surface area (Å²) in [6.45, 7) is 9.98. The number of aliphatic carboxylic acids is 1. The number of aliphatic imine (C=N–C) groups is 2. The van der Waals surface area contributed by atoms with Crippen molar-refractivity contribution in [2.45, 2.75) is 147 Å². The van der Waals surface area contributed by atoms with Crippen LogP contribution in [0.3, 0.4) is 0 Å². The quantitative estimate of drug-likeness (QED) is 0.0122. The Labute approximate surface area is 443 Å². The van der Waals surface area contributed by atoms with Crippen LogP contribution in [0, 0.1) is 17.8 Å². The number of thioether (sulfide) groups is 1. The largest absolute Gasteiger partial charge is 0.480 e. The maximum atomic E-state index is 14.3. The summed E-state index contributed by atoms with van der Waals surface area (Å²) < 4.78 is 0. The van der Waals surface area contributed by atoms with Crippen molar-refractivity contribution in [1.29, 1.82) is 0 Å². The van der Waals surface area contributed by atoms with Crippen LogP contribution >= 0.6 is 37.0 Å². The molecule has 9 atom stereocenters. The molecule has 20 N–H and O–H groups in total. The Morgan fingerprint density at radius 2 is 0.781 bits per heavy atom. The third-order valence-electron chi connectivity index (χ3n) is 10.6. The first kappa shape index (κ1) is 67.7. The van der Waals surface area contributed by atoms with Crippen LogP contribution in [0.5, 0.6) is 0 Å². The number of guanidine groups is 2. The van der Waals surface area contributed by atoms with Crippen molar-refractivity contribution < 1.29 is 53.4 Å². The van der Waals surface area contributed by atoms with Crippen molar-refractivity contribution in [2.75, 3.05) is 43.2 Å². The molecule has 0 aliphatic heterocycles. The Kier molecular flexibility index (Phi) is 34.0. The fourth-order valence-corrected chi connectivity index (χ4v) is 7.69. The summed E-state index contributed by atoms with van der Waals surface area (Å²) in [6, 6.07) is -11.6. The van der Waals surface area contributed by atoms with Crippen molar-refractivity contribution in [3.8, 4) is 0 Å². The first-order valence-corrected chi connectivity index (χ1v) is 26.7. The highest BCUT2D eigenvalue weighted by molar-refractivity contribution is 7.98. The predicted molar refractivity (Wildman–Crippen MR) is 287 cm³/mol. The zero-order valence-electron chi connectivity index (χ0n) is 43.0. The predicted octanol–water partition coefficient (Wildman–Crippen LogP) is -3.87. The minimum atomic E-state index is -1.66. The molecular weight excluding hydrogens is 1010 g/mol. The summed E-state index contributed by atoms with van der Waals surface area (Å²) in [5.74, 6) is -8.50. The van der Waals surface area contributed by atoms with Crippen LogP contribution in [0.1, 0.15) is 92.9 Å². The summed E-state index contributed by atoms with van der Waals surface area (Å²) in [5.41, 5.74) is 27.8. The highest BCUT2D eigenvalue weighted by Crippen LogP contribution is 2.13. The van der Waals surface area contributed by atoms with Gasteiger partial charge in [0, 0.05) is 24.6 Å². The van der Waals surface area contributed by atoms with Gasteiger partial charge in [-0.1, -0.05) is 41.5 Å². The molecule has 26 nitrogen and oxygen atoms in total. The average Bonchev–Trinajstić information content (AvgIpc) is 3.30. The van der Waals surface area contributed by atoms with Gasteiger partial charge < -0.3 is 81.4 Å². The Morgan fingerprint density at radius 1 is 0.479 bits per heavy atom. The van der Waals surface area contributed by atoms with E-state index in [1.165, 1.54) is 11.8 Å². The van der Waals surface area contributed by atoms with Gasteiger partial charge >= 0.3 is 5.97 Å². The lowest BCUT2D eigenvalue weighted by Crippen LogP contribution is -2.61. The van der Waals surface area contributed by atoms with Crippen LogP contribution in [-0.4, -0.2) is 173 Å². The molecule has 0 aromatic carbocycles. The molecule has 0 heterocycles. The molecule has 0 aliphatic rings. The number of aliphatic hydroxyl groups excluding tert-OH is 1. The fourth-order valence-electron chi connectivity index (χ4n) is 6.81. The maximum absolute atomic E-state index is 14.3. The second-order valence-corrected chi connectivity index (χ2v) is 20.3. The minimum absolute atomic E-state index is 0.0187. The van der Waals surface area contributed by atoms with Gasteiger partial charge in [-0.25, -0.2) is 4.79 Å². The Balaban J connectivity index is 6.85. The van der Waals surface area contributed by atoms with Gasteiger partial charge in [0.25, 0.3) is 0 Å². The molecule has 0 aromatic heterocycles. The van der Waals surface area contributed by atoms with Gasteiger partial charge in [-0.2, -0.15) is 37.0 Å². The number of thiol groups is 2. The monoisotopic (exact) mass is 1090 g/mol. The number of carbonyl (C=O) groups is 9. The van der Waals surface area contributed by atoms with Crippen molar-refractivity contribution in [1.82, 2.24) is 42.5 Å². The second kappa shape index (κ2) is 36.6. The highest BCUT2D eigenvalue weighted by atomic mass is 32.2. The molecule has 418 valence electrons. The van der Waals surface area contributed by atoms with E-state index in [-0.39, 0.29) is 106 Å². The molecule has 0 saturated heterocycles. The third kappa shape index (κ3) is 28.7. The van der Waals surface area contributed by atoms with E-state index in [0.29, 0.717) is 5.75 Å². The van der Waals surface area contributed by atoms with Crippen LogP contribution in [0.15, 0.2) is 9.98 Å². The Morgan fingerprint density at radius 3 is 1.08 bits per heavy atom. The van der Waals surface area contributed by atoms with Gasteiger partial charge in [-0.3, -0.25) is 48.3 Å². The summed E-state index contributed by atoms with van der Waals surface area (Å²) in [4.78, 5) is 129. The molecule has 0 bridgehead atoms. The highest BCUT2D eigenvalue weighted by Gasteiger charge is 2.35. The maximum Gasteiger partial charge on any atom is 0.327 e. The summed E-state index contributed by atoms with van der Waals surface area (Å²) in [5, 5.41) is 40.2. The number of carboxylic acids is 1. The number of hydrogen-bond donors (Lipinski definition) is 17. The van der Waals surface area contributed by atoms with Crippen LogP contribution in [0.4, 0.5) is 0 Å². The van der Waals surface area contributed by atoms with Crippen molar-refractivity contribution in [3.05, 3.63) is 0 Å². The van der Waals surface area contributed by atoms with E-state index in [2.05, 4.69) is 77.8 Å². The van der Waals surface area contributed by atoms with E-state index in [1.807, 2.05) is 27.7 Å². The molecule has 0 saturated carbocycles. The summed E-state index contributed by atoms with van der Waals surface area (Å²) >= 11 is 9.37. The minimum Gasteiger partial charge on any atom is -0.480 e. The first-order valence-electron chi connectivity index (χ1n) is 24.0. The number of hydrogen-bond acceptors (Lipinski definition) is 16. The fraction of sp³-hybridized carbons (Fsp3) is 0.750. The van der Waals surface area contributed by atoms with Crippen LogP contribution in [-0.2, 0) is 43.2 Å². The van der Waals surface area contributed by atoms with Gasteiger partial charge in [0.15, 0.2) is 11.9 Å². The normalized spacial score (nSPS) is 14.9. The van der Waals surface area contributed by atoms with Gasteiger partial charge in [0.05, 0.1) is 12.6 Å². The number of carboxylic acid groups (broad SMARTS) is 1. The van der Waals surface area contributed by atoms with E-state index in [9.17, 15) is 53.4 Å². The zero-order valence-corrected chi connectivity index (χ0v) is 45.6. The van der Waals surface area contributed by atoms with E-state index in [1.54, 1.807) is 20.1 Å². The van der Waals surface area contributed by atoms with E-state index in [4.69, 9.17) is 28.7 Å². The number of carbonyl (C=O) groups excluding carboxylic acids is 8. The molecule has 73 heavy (non-hydrogen) atoms. The van der Waals surface area contributed by atoms with Gasteiger partial charge in [-0.15, -0.1) is 0 Å². The molecule has 0 radical (unpaired) electrons. The molecule has 0 rings (SSSR count). The number of rotatable bonds is 37. The third-order valence-corrected chi connectivity index (χ3v) is 12.0. The molecule has 0 unspecified atom stereocenters. The molecular formula is C44H83N15O11S3. The second-order valence-electron chi connectivity index (χ2n) is 18.5.